The molecule has 2 aromatic carbocycles. The molecule has 106 valence electrons. The Hall–Kier alpha value is -2.13. The van der Waals surface area contributed by atoms with Gasteiger partial charge in [-0.25, -0.2) is 9.97 Å². The van der Waals surface area contributed by atoms with Crippen molar-refractivity contribution in [2.24, 2.45) is 0 Å². The fraction of sp³-hybridized carbons (Fsp3) is 0.176. The first kappa shape index (κ1) is 13.8. The second-order valence-corrected chi connectivity index (χ2v) is 5.11. The zero-order valence-electron chi connectivity index (χ0n) is 11.9. The lowest BCUT2D eigenvalue weighted by atomic mass is 10.0. The van der Waals surface area contributed by atoms with Crippen molar-refractivity contribution in [2.75, 3.05) is 7.11 Å². The Labute approximate surface area is 128 Å². The summed E-state index contributed by atoms with van der Waals surface area (Å²) in [4.78, 5) is 8.96. The number of aryl methyl sites for hydroxylation is 1. The van der Waals surface area contributed by atoms with Crippen LogP contribution in [0.15, 0.2) is 42.5 Å². The Bertz CT molecular complexity index is 802. The van der Waals surface area contributed by atoms with Crippen LogP contribution in [0.5, 0.6) is 5.75 Å². The SMILES string of the molecule is CCc1cc(Cl)nc(-c2ccc(OC)c3ccccc23)n1. The largest absolute Gasteiger partial charge is 0.496 e. The van der Waals surface area contributed by atoms with Crippen molar-refractivity contribution in [2.45, 2.75) is 13.3 Å². The van der Waals surface area contributed by atoms with E-state index >= 15 is 0 Å². The molecule has 0 saturated heterocycles. The van der Waals surface area contributed by atoms with Crippen molar-refractivity contribution >= 4 is 22.4 Å². The highest BCUT2D eigenvalue weighted by Gasteiger charge is 2.11. The summed E-state index contributed by atoms with van der Waals surface area (Å²) in [6.45, 7) is 2.05. The van der Waals surface area contributed by atoms with E-state index in [0.717, 1.165) is 34.2 Å². The van der Waals surface area contributed by atoms with Crippen LogP contribution in [0.1, 0.15) is 12.6 Å². The monoisotopic (exact) mass is 298 g/mol. The van der Waals surface area contributed by atoms with Crippen LogP contribution in [0.3, 0.4) is 0 Å². The number of benzene rings is 2. The summed E-state index contributed by atoms with van der Waals surface area (Å²) in [6.07, 6.45) is 0.823. The van der Waals surface area contributed by atoms with Gasteiger partial charge >= 0.3 is 0 Å². The standard InChI is InChI=1S/C17H15ClN2O/c1-3-11-10-16(18)20-17(19-11)14-8-9-15(21-2)13-7-5-4-6-12(13)14/h4-10H,3H2,1-2H3. The molecule has 0 amide bonds. The molecule has 0 spiro atoms. The van der Waals surface area contributed by atoms with E-state index in [4.69, 9.17) is 16.3 Å². The smallest absolute Gasteiger partial charge is 0.161 e. The predicted molar refractivity (Wildman–Crippen MR) is 85.9 cm³/mol. The van der Waals surface area contributed by atoms with E-state index in [9.17, 15) is 0 Å². The lowest BCUT2D eigenvalue weighted by molar-refractivity contribution is 0.420. The molecule has 3 nitrogen and oxygen atoms in total. The zero-order valence-corrected chi connectivity index (χ0v) is 12.7. The van der Waals surface area contributed by atoms with Gasteiger partial charge in [0.05, 0.1) is 7.11 Å². The second kappa shape index (κ2) is 5.70. The Morgan fingerprint density at radius 2 is 1.81 bits per heavy atom. The van der Waals surface area contributed by atoms with E-state index in [-0.39, 0.29) is 0 Å². The van der Waals surface area contributed by atoms with Gasteiger partial charge in [-0.1, -0.05) is 42.8 Å². The molecular weight excluding hydrogens is 284 g/mol. The van der Waals surface area contributed by atoms with Crippen LogP contribution in [0.2, 0.25) is 5.15 Å². The van der Waals surface area contributed by atoms with Crippen LogP contribution >= 0.6 is 11.6 Å². The minimum atomic E-state index is 0.469. The Balaban J connectivity index is 2.28. The lowest BCUT2D eigenvalue weighted by Gasteiger charge is -2.10. The average Bonchev–Trinajstić information content (AvgIpc) is 2.53. The highest BCUT2D eigenvalue weighted by atomic mass is 35.5. The van der Waals surface area contributed by atoms with Gasteiger partial charge < -0.3 is 4.74 Å². The van der Waals surface area contributed by atoms with Crippen molar-refractivity contribution in [3.05, 3.63) is 53.3 Å². The lowest BCUT2D eigenvalue weighted by Crippen LogP contribution is -1.96. The van der Waals surface area contributed by atoms with Crippen LogP contribution in [0.4, 0.5) is 0 Å². The maximum absolute atomic E-state index is 6.11. The van der Waals surface area contributed by atoms with E-state index in [1.54, 1.807) is 13.2 Å². The van der Waals surface area contributed by atoms with Crippen LogP contribution in [0.25, 0.3) is 22.2 Å². The molecule has 1 aromatic heterocycles. The van der Waals surface area contributed by atoms with Crippen LogP contribution in [0, 0.1) is 0 Å². The number of rotatable bonds is 3. The van der Waals surface area contributed by atoms with Crippen LogP contribution in [-0.2, 0) is 6.42 Å². The maximum Gasteiger partial charge on any atom is 0.161 e. The number of aromatic nitrogens is 2. The number of ether oxygens (including phenoxy) is 1. The Morgan fingerprint density at radius 3 is 2.52 bits per heavy atom. The van der Waals surface area contributed by atoms with Gasteiger partial charge in [0.25, 0.3) is 0 Å². The quantitative estimate of drug-likeness (QED) is 0.667. The van der Waals surface area contributed by atoms with Crippen molar-refractivity contribution in [3.8, 4) is 17.1 Å². The van der Waals surface area contributed by atoms with E-state index in [2.05, 4.69) is 16.9 Å². The van der Waals surface area contributed by atoms with Gasteiger partial charge in [-0.05, 0) is 30.0 Å². The molecule has 4 heteroatoms. The third kappa shape index (κ3) is 2.57. The molecule has 0 radical (unpaired) electrons. The van der Waals surface area contributed by atoms with E-state index in [1.165, 1.54) is 0 Å². The summed E-state index contributed by atoms with van der Waals surface area (Å²) in [5.41, 5.74) is 1.90. The van der Waals surface area contributed by atoms with Gasteiger partial charge in [-0.3, -0.25) is 0 Å². The minimum Gasteiger partial charge on any atom is -0.496 e. The number of nitrogens with zero attached hydrogens (tertiary/aromatic N) is 2. The maximum atomic E-state index is 6.11. The third-order valence-electron chi connectivity index (χ3n) is 3.46. The number of methoxy groups -OCH3 is 1. The molecule has 0 bridgehead atoms. The Kier molecular flexibility index (Phi) is 3.76. The summed E-state index contributed by atoms with van der Waals surface area (Å²) in [5, 5.41) is 2.57. The molecule has 0 N–H and O–H groups in total. The fourth-order valence-corrected chi connectivity index (χ4v) is 2.62. The average molecular weight is 299 g/mol. The number of halogens is 1. The second-order valence-electron chi connectivity index (χ2n) is 4.72. The van der Waals surface area contributed by atoms with Gasteiger partial charge in [0, 0.05) is 16.6 Å². The van der Waals surface area contributed by atoms with Crippen molar-refractivity contribution in [1.82, 2.24) is 9.97 Å². The molecule has 0 aliphatic heterocycles. The molecule has 3 rings (SSSR count). The molecule has 0 saturated carbocycles. The van der Waals surface area contributed by atoms with Crippen molar-refractivity contribution in [1.29, 1.82) is 0 Å². The molecule has 0 fully saturated rings. The van der Waals surface area contributed by atoms with E-state index in [1.807, 2.05) is 36.4 Å². The summed E-state index contributed by atoms with van der Waals surface area (Å²) < 4.78 is 5.42. The highest BCUT2D eigenvalue weighted by molar-refractivity contribution is 6.29. The summed E-state index contributed by atoms with van der Waals surface area (Å²) in [7, 11) is 1.67. The Morgan fingerprint density at radius 1 is 1.05 bits per heavy atom. The van der Waals surface area contributed by atoms with E-state index in [0.29, 0.717) is 11.0 Å². The molecular formula is C17H15ClN2O. The van der Waals surface area contributed by atoms with Gasteiger partial charge in [0.2, 0.25) is 0 Å². The molecule has 1 heterocycles. The normalized spacial score (nSPS) is 10.8. The van der Waals surface area contributed by atoms with E-state index < -0.39 is 0 Å². The van der Waals surface area contributed by atoms with Crippen LogP contribution in [-0.4, -0.2) is 17.1 Å². The third-order valence-corrected chi connectivity index (χ3v) is 3.65. The first-order valence-electron chi connectivity index (χ1n) is 6.82. The van der Waals surface area contributed by atoms with Gasteiger partial charge in [-0.2, -0.15) is 0 Å². The van der Waals surface area contributed by atoms with Gasteiger partial charge in [0.15, 0.2) is 5.82 Å². The highest BCUT2D eigenvalue weighted by Crippen LogP contribution is 2.33. The minimum absolute atomic E-state index is 0.469. The molecule has 0 aliphatic carbocycles. The summed E-state index contributed by atoms with van der Waals surface area (Å²) in [6, 6.07) is 13.8. The van der Waals surface area contributed by atoms with Crippen molar-refractivity contribution in [3.63, 3.8) is 0 Å². The first-order valence-corrected chi connectivity index (χ1v) is 7.20. The van der Waals surface area contributed by atoms with Gasteiger partial charge in [0.1, 0.15) is 10.9 Å². The number of fused-ring (bicyclic) bond motifs is 1. The van der Waals surface area contributed by atoms with Crippen molar-refractivity contribution < 1.29 is 4.74 Å². The van der Waals surface area contributed by atoms with Gasteiger partial charge in [-0.15, -0.1) is 0 Å². The summed E-state index contributed by atoms with van der Waals surface area (Å²) >= 11 is 6.11. The molecule has 0 aliphatic rings. The number of hydrogen-bond acceptors (Lipinski definition) is 3. The number of hydrogen-bond donors (Lipinski definition) is 0. The zero-order chi connectivity index (χ0) is 14.8. The van der Waals surface area contributed by atoms with Crippen LogP contribution < -0.4 is 4.74 Å². The molecule has 3 aromatic rings. The molecule has 21 heavy (non-hydrogen) atoms. The molecule has 0 unspecified atom stereocenters. The fourth-order valence-electron chi connectivity index (χ4n) is 2.41. The topological polar surface area (TPSA) is 35.0 Å². The summed E-state index contributed by atoms with van der Waals surface area (Å²) in [5.74, 6) is 1.49. The predicted octanol–water partition coefficient (Wildman–Crippen LogP) is 4.52. The first-order chi connectivity index (χ1) is 10.2. The molecule has 0 atom stereocenters.